The molecule has 1 unspecified atom stereocenters. The van der Waals surface area contributed by atoms with E-state index in [1.807, 2.05) is 0 Å². The van der Waals surface area contributed by atoms with Crippen molar-refractivity contribution in [1.29, 1.82) is 0 Å². The van der Waals surface area contributed by atoms with Crippen molar-refractivity contribution < 1.29 is 9.18 Å². The van der Waals surface area contributed by atoms with Gasteiger partial charge in [-0.3, -0.25) is 4.79 Å². The predicted octanol–water partition coefficient (Wildman–Crippen LogP) is 3.90. The highest BCUT2D eigenvalue weighted by Gasteiger charge is 2.18. The molecule has 0 radical (unpaired) electrons. The Morgan fingerprint density at radius 3 is 3.00 bits per heavy atom. The minimum atomic E-state index is -0.274. The molecule has 19 heavy (non-hydrogen) atoms. The average Bonchev–Trinajstić information content (AvgIpc) is 2.86. The summed E-state index contributed by atoms with van der Waals surface area (Å²) in [6, 6.07) is 4.79. The van der Waals surface area contributed by atoms with Gasteiger partial charge in [0.15, 0.2) is 0 Å². The fourth-order valence-corrected chi connectivity index (χ4v) is 2.66. The molecule has 0 aromatic heterocycles. The van der Waals surface area contributed by atoms with Gasteiger partial charge in [-0.25, -0.2) is 4.39 Å². The highest BCUT2D eigenvalue weighted by atomic mass is 79.9. The first-order valence-corrected chi connectivity index (χ1v) is 7.20. The fraction of sp³-hybridized carbons (Fsp3) is 0.400. The zero-order valence-corrected chi connectivity index (χ0v) is 12.5. The van der Waals surface area contributed by atoms with Crippen molar-refractivity contribution in [3.8, 4) is 0 Å². The van der Waals surface area contributed by atoms with Gasteiger partial charge in [-0.1, -0.05) is 28.1 Å². The van der Waals surface area contributed by atoms with Crippen LogP contribution in [0, 0.1) is 11.7 Å². The van der Waals surface area contributed by atoms with E-state index in [2.05, 4.69) is 28.1 Å². The number of allylic oxidation sites excluding steroid dienone is 2. The maximum Gasteiger partial charge on any atom is 0.223 e. The van der Waals surface area contributed by atoms with Crippen LogP contribution in [0.3, 0.4) is 0 Å². The second-order valence-corrected chi connectivity index (χ2v) is 5.87. The van der Waals surface area contributed by atoms with Gasteiger partial charge in [-0.2, -0.15) is 0 Å². The molecule has 0 spiro atoms. The first-order chi connectivity index (χ1) is 9.06. The summed E-state index contributed by atoms with van der Waals surface area (Å²) in [7, 11) is 1.72. The van der Waals surface area contributed by atoms with Crippen molar-refractivity contribution in [3.63, 3.8) is 0 Å². The predicted molar refractivity (Wildman–Crippen MR) is 77.1 cm³/mol. The minimum absolute atomic E-state index is 0.0657. The number of benzene rings is 1. The van der Waals surface area contributed by atoms with Crippen LogP contribution in [0.15, 0.2) is 34.8 Å². The maximum atomic E-state index is 13.6. The van der Waals surface area contributed by atoms with E-state index in [9.17, 15) is 9.18 Å². The molecule has 0 bridgehead atoms. The van der Waals surface area contributed by atoms with Crippen molar-refractivity contribution >= 4 is 21.8 Å². The van der Waals surface area contributed by atoms with Crippen LogP contribution in [-0.2, 0) is 11.3 Å². The van der Waals surface area contributed by atoms with Crippen LogP contribution in [0.5, 0.6) is 0 Å². The summed E-state index contributed by atoms with van der Waals surface area (Å²) in [4.78, 5) is 13.7. The zero-order valence-electron chi connectivity index (χ0n) is 10.9. The highest BCUT2D eigenvalue weighted by Crippen LogP contribution is 2.22. The summed E-state index contributed by atoms with van der Waals surface area (Å²) in [5, 5.41) is 0. The molecule has 1 atom stereocenters. The van der Waals surface area contributed by atoms with Gasteiger partial charge in [0, 0.05) is 30.0 Å². The lowest BCUT2D eigenvalue weighted by Gasteiger charge is -2.19. The van der Waals surface area contributed by atoms with Gasteiger partial charge in [0.25, 0.3) is 0 Å². The molecule has 1 aliphatic rings. The Hall–Kier alpha value is -1.16. The van der Waals surface area contributed by atoms with Gasteiger partial charge in [-0.05, 0) is 37.0 Å². The van der Waals surface area contributed by atoms with Crippen LogP contribution in [-0.4, -0.2) is 17.9 Å². The normalized spacial score (nSPS) is 17.7. The van der Waals surface area contributed by atoms with Crippen LogP contribution in [0.25, 0.3) is 0 Å². The number of halogens is 2. The summed E-state index contributed by atoms with van der Waals surface area (Å²) in [6.45, 7) is 0.306. The molecule has 4 heteroatoms. The summed E-state index contributed by atoms with van der Waals surface area (Å²) in [6.07, 6.45) is 6.84. The van der Waals surface area contributed by atoms with Crippen LogP contribution in [0.2, 0.25) is 0 Å². The molecule has 0 fully saturated rings. The third-order valence-corrected chi connectivity index (χ3v) is 3.88. The molecule has 0 saturated heterocycles. The van der Waals surface area contributed by atoms with E-state index in [4.69, 9.17) is 0 Å². The van der Waals surface area contributed by atoms with E-state index in [1.54, 1.807) is 24.1 Å². The Labute approximate surface area is 121 Å². The zero-order chi connectivity index (χ0) is 13.8. The molecule has 1 aliphatic carbocycles. The first-order valence-electron chi connectivity index (χ1n) is 6.41. The van der Waals surface area contributed by atoms with Crippen molar-refractivity contribution in [1.82, 2.24) is 4.90 Å². The Bertz CT molecular complexity index is 501. The van der Waals surface area contributed by atoms with E-state index in [-0.39, 0.29) is 11.7 Å². The Morgan fingerprint density at radius 1 is 1.53 bits per heavy atom. The van der Waals surface area contributed by atoms with Gasteiger partial charge in [0.05, 0.1) is 0 Å². The average molecular weight is 326 g/mol. The summed E-state index contributed by atoms with van der Waals surface area (Å²) in [5.74, 6) is 0.141. The van der Waals surface area contributed by atoms with E-state index in [0.717, 1.165) is 17.3 Å². The Balaban J connectivity index is 1.95. The van der Waals surface area contributed by atoms with Crippen LogP contribution >= 0.6 is 15.9 Å². The fourth-order valence-electron chi connectivity index (χ4n) is 2.25. The van der Waals surface area contributed by atoms with E-state index < -0.39 is 0 Å². The second kappa shape index (κ2) is 6.33. The number of nitrogens with zero attached hydrogens (tertiary/aromatic N) is 1. The summed E-state index contributed by atoms with van der Waals surface area (Å²) >= 11 is 3.31. The molecule has 0 aliphatic heterocycles. The van der Waals surface area contributed by atoms with Crippen molar-refractivity contribution in [2.75, 3.05) is 7.05 Å². The highest BCUT2D eigenvalue weighted by molar-refractivity contribution is 9.10. The standard InChI is InChI=1S/C15H17BrFNO/c1-18(15(19)8-11-4-2-3-5-11)10-12-9-13(16)6-7-14(12)17/h2,4,6-7,9,11H,3,5,8,10H2,1H3. The van der Waals surface area contributed by atoms with Crippen LogP contribution in [0.4, 0.5) is 4.39 Å². The molecule has 2 rings (SSSR count). The second-order valence-electron chi connectivity index (χ2n) is 4.96. The van der Waals surface area contributed by atoms with E-state index >= 15 is 0 Å². The molecule has 0 N–H and O–H groups in total. The van der Waals surface area contributed by atoms with Crippen molar-refractivity contribution in [2.24, 2.45) is 5.92 Å². The molecule has 0 heterocycles. The third kappa shape index (κ3) is 3.90. The van der Waals surface area contributed by atoms with Gasteiger partial charge in [0.2, 0.25) is 5.91 Å². The molecule has 1 aromatic rings. The lowest BCUT2D eigenvalue weighted by molar-refractivity contribution is -0.131. The number of carbonyl (C=O) groups excluding carboxylic acids is 1. The summed E-state index contributed by atoms with van der Waals surface area (Å²) < 4.78 is 14.5. The SMILES string of the molecule is CN(Cc1cc(Br)ccc1F)C(=O)CC1C=CCC1. The molecule has 102 valence electrons. The van der Waals surface area contributed by atoms with Gasteiger partial charge in [0.1, 0.15) is 5.82 Å². The number of amides is 1. The first kappa shape index (κ1) is 14.3. The van der Waals surface area contributed by atoms with Crippen LogP contribution < -0.4 is 0 Å². The number of carbonyl (C=O) groups is 1. The quantitative estimate of drug-likeness (QED) is 0.769. The van der Waals surface area contributed by atoms with Gasteiger partial charge in [-0.15, -0.1) is 0 Å². The minimum Gasteiger partial charge on any atom is -0.341 e. The lowest BCUT2D eigenvalue weighted by Crippen LogP contribution is -2.27. The molecule has 1 aromatic carbocycles. The van der Waals surface area contributed by atoms with Gasteiger partial charge >= 0.3 is 0 Å². The van der Waals surface area contributed by atoms with Crippen molar-refractivity contribution in [2.45, 2.75) is 25.8 Å². The molecule has 1 amide bonds. The number of hydrogen-bond donors (Lipinski definition) is 0. The van der Waals surface area contributed by atoms with E-state index in [1.165, 1.54) is 6.07 Å². The molecule has 2 nitrogen and oxygen atoms in total. The maximum absolute atomic E-state index is 13.6. The monoisotopic (exact) mass is 325 g/mol. The van der Waals surface area contributed by atoms with Crippen LogP contribution in [0.1, 0.15) is 24.8 Å². The number of hydrogen-bond acceptors (Lipinski definition) is 1. The Kier molecular flexibility index (Phi) is 4.75. The lowest BCUT2D eigenvalue weighted by atomic mass is 10.0. The largest absolute Gasteiger partial charge is 0.341 e. The molecular formula is C15H17BrFNO. The topological polar surface area (TPSA) is 20.3 Å². The van der Waals surface area contributed by atoms with E-state index in [0.29, 0.717) is 24.4 Å². The molecule has 0 saturated carbocycles. The molecular weight excluding hydrogens is 309 g/mol. The van der Waals surface area contributed by atoms with Gasteiger partial charge < -0.3 is 4.90 Å². The summed E-state index contributed by atoms with van der Waals surface area (Å²) in [5.41, 5.74) is 0.534. The third-order valence-electron chi connectivity index (χ3n) is 3.39. The van der Waals surface area contributed by atoms with Crippen molar-refractivity contribution in [3.05, 3.63) is 46.2 Å². The Morgan fingerprint density at radius 2 is 2.32 bits per heavy atom. The number of rotatable bonds is 4. The smallest absolute Gasteiger partial charge is 0.223 e.